The lowest BCUT2D eigenvalue weighted by Crippen LogP contribution is -1.99. The molecular weight excluding hydrogens is 336 g/mol. The maximum atomic E-state index is 8.21. The molecule has 0 amide bonds. The van der Waals surface area contributed by atoms with Crippen LogP contribution in [0.15, 0.2) is 58.1 Å². The zero-order valence-corrected chi connectivity index (χ0v) is 15.2. The molecule has 2 aromatic heterocycles. The van der Waals surface area contributed by atoms with Gasteiger partial charge in [0.1, 0.15) is 17.9 Å². The van der Waals surface area contributed by atoms with E-state index in [1.54, 1.807) is 26.6 Å². The number of nitrogens with one attached hydrogen (secondary N) is 1. The Hall–Kier alpha value is -2.67. The Bertz CT molecular complexity index is 1010. The highest BCUT2D eigenvalue weighted by atomic mass is 32.2. The molecule has 1 unspecified atom stereocenters. The summed E-state index contributed by atoms with van der Waals surface area (Å²) in [7, 11) is 1.45. The third-order valence-electron chi connectivity index (χ3n) is 3.92. The number of rotatable bonds is 5. The summed E-state index contributed by atoms with van der Waals surface area (Å²) in [5.74, 6) is 1.21. The summed E-state index contributed by atoms with van der Waals surface area (Å²) >= 11 is 0. The molecule has 0 aliphatic carbocycles. The van der Waals surface area contributed by atoms with Crippen molar-refractivity contribution in [3.05, 3.63) is 54.4 Å². The second-order valence-corrected chi connectivity index (χ2v) is 8.10. The molecule has 3 rings (SSSR count). The van der Waals surface area contributed by atoms with Crippen LogP contribution in [0.1, 0.15) is 5.56 Å². The first-order chi connectivity index (χ1) is 12.0. The summed E-state index contributed by atoms with van der Waals surface area (Å²) in [5.41, 5.74) is 1.71. The fraction of sp³-hybridized carbons (Fsp3) is 0.222. The molecule has 0 saturated heterocycles. The molecule has 6 nitrogen and oxygen atoms in total. The van der Waals surface area contributed by atoms with E-state index in [1.807, 2.05) is 42.7 Å². The third-order valence-corrected chi connectivity index (χ3v) is 5.84. The molecular formula is C18H20N4O2S. The number of hydrogen-bond acceptors (Lipinski definition) is 6. The number of pyridine rings is 2. The largest absolute Gasteiger partial charge is 0.488 e. The number of benzene rings is 1. The Morgan fingerprint density at radius 2 is 1.80 bits per heavy atom. The van der Waals surface area contributed by atoms with Gasteiger partial charge in [-0.15, -0.1) is 0 Å². The van der Waals surface area contributed by atoms with E-state index >= 15 is 0 Å². The van der Waals surface area contributed by atoms with Gasteiger partial charge in [0.25, 0.3) is 0 Å². The zero-order valence-electron chi connectivity index (χ0n) is 14.4. The van der Waals surface area contributed by atoms with Gasteiger partial charge in [0.15, 0.2) is 0 Å². The molecule has 1 atom stereocenters. The highest BCUT2D eigenvalue weighted by molar-refractivity contribution is 7.94. The number of methoxy groups -OCH3 is 1. The number of hydrogen-bond donors (Lipinski definition) is 1. The van der Waals surface area contributed by atoms with Crippen LogP contribution in [0.2, 0.25) is 0 Å². The Balaban J connectivity index is 1.83. The SMILES string of the molecule is CN=S(C)(=N)c1ccc(COc2ccnc3c(OC)nccc23)cc1. The van der Waals surface area contributed by atoms with Crippen LogP contribution in [0.25, 0.3) is 10.9 Å². The van der Waals surface area contributed by atoms with Gasteiger partial charge in [0.2, 0.25) is 5.88 Å². The molecule has 0 bridgehead atoms. The summed E-state index contributed by atoms with van der Waals surface area (Å²) < 4.78 is 23.6. The van der Waals surface area contributed by atoms with Crippen LogP contribution >= 0.6 is 0 Å². The van der Waals surface area contributed by atoms with Crippen molar-refractivity contribution in [2.24, 2.45) is 4.36 Å². The number of aromatic nitrogens is 2. The lowest BCUT2D eigenvalue weighted by atomic mass is 10.2. The molecule has 25 heavy (non-hydrogen) atoms. The van der Waals surface area contributed by atoms with Crippen LogP contribution in [-0.2, 0) is 16.2 Å². The highest BCUT2D eigenvalue weighted by Crippen LogP contribution is 2.29. The average Bonchev–Trinajstić information content (AvgIpc) is 2.66. The van der Waals surface area contributed by atoms with Gasteiger partial charge in [-0.3, -0.25) is 14.1 Å². The highest BCUT2D eigenvalue weighted by Gasteiger charge is 2.09. The van der Waals surface area contributed by atoms with Gasteiger partial charge < -0.3 is 9.47 Å². The minimum atomic E-state index is -1.81. The van der Waals surface area contributed by atoms with Crippen molar-refractivity contribution in [2.45, 2.75) is 11.5 Å². The first-order valence-corrected chi connectivity index (χ1v) is 9.68. The predicted molar refractivity (Wildman–Crippen MR) is 99.5 cm³/mol. The van der Waals surface area contributed by atoms with Gasteiger partial charge in [-0.1, -0.05) is 12.1 Å². The Labute approximate surface area is 147 Å². The third kappa shape index (κ3) is 3.56. The van der Waals surface area contributed by atoms with E-state index in [0.29, 0.717) is 18.0 Å². The van der Waals surface area contributed by atoms with Gasteiger partial charge >= 0.3 is 0 Å². The Morgan fingerprint density at radius 1 is 1.08 bits per heavy atom. The second kappa shape index (κ2) is 7.06. The van der Waals surface area contributed by atoms with Crippen molar-refractivity contribution in [3.8, 4) is 11.6 Å². The molecule has 130 valence electrons. The van der Waals surface area contributed by atoms with Crippen LogP contribution in [0.3, 0.4) is 0 Å². The van der Waals surface area contributed by atoms with E-state index in [2.05, 4.69) is 14.3 Å². The summed E-state index contributed by atoms with van der Waals surface area (Å²) in [6.45, 7) is 0.428. The van der Waals surface area contributed by atoms with E-state index < -0.39 is 9.62 Å². The quantitative estimate of drug-likeness (QED) is 0.751. The number of fused-ring (bicyclic) bond motifs is 1. The van der Waals surface area contributed by atoms with E-state index in [1.165, 1.54) is 0 Å². The minimum absolute atomic E-state index is 0.428. The average molecular weight is 356 g/mol. The van der Waals surface area contributed by atoms with E-state index in [0.717, 1.165) is 21.6 Å². The maximum absolute atomic E-state index is 8.21. The lowest BCUT2D eigenvalue weighted by Gasteiger charge is -2.11. The summed E-state index contributed by atoms with van der Waals surface area (Å²) in [4.78, 5) is 9.41. The first-order valence-electron chi connectivity index (χ1n) is 7.68. The summed E-state index contributed by atoms with van der Waals surface area (Å²) in [5, 5.41) is 0.860. The maximum Gasteiger partial charge on any atom is 0.240 e. The molecule has 0 fully saturated rings. The van der Waals surface area contributed by atoms with Crippen molar-refractivity contribution in [1.82, 2.24) is 9.97 Å². The van der Waals surface area contributed by atoms with Crippen molar-refractivity contribution < 1.29 is 9.47 Å². The summed E-state index contributed by atoms with van der Waals surface area (Å²) in [6.07, 6.45) is 5.21. The molecule has 7 heteroatoms. The normalized spacial score (nSPS) is 13.2. The van der Waals surface area contributed by atoms with Gasteiger partial charge in [-0.2, -0.15) is 0 Å². The van der Waals surface area contributed by atoms with Gasteiger partial charge in [-0.05, 0) is 39.4 Å². The van der Waals surface area contributed by atoms with Crippen LogP contribution in [0.4, 0.5) is 0 Å². The standard InChI is InChI=1S/C18H20N4O2S/c1-20-25(3,19)14-6-4-13(5-7-14)12-24-16-9-11-21-17-15(16)8-10-22-18(17)23-2/h4-11,19H,12H2,1-3H3. The van der Waals surface area contributed by atoms with Crippen molar-refractivity contribution in [3.63, 3.8) is 0 Å². The van der Waals surface area contributed by atoms with E-state index in [-0.39, 0.29) is 0 Å². The molecule has 2 heterocycles. The van der Waals surface area contributed by atoms with Crippen LogP contribution in [0.5, 0.6) is 11.6 Å². The number of nitrogens with zero attached hydrogens (tertiary/aromatic N) is 3. The van der Waals surface area contributed by atoms with Crippen molar-refractivity contribution in [2.75, 3.05) is 20.4 Å². The lowest BCUT2D eigenvalue weighted by molar-refractivity contribution is 0.309. The Morgan fingerprint density at radius 3 is 2.48 bits per heavy atom. The molecule has 3 aromatic rings. The number of ether oxygens (including phenoxy) is 2. The van der Waals surface area contributed by atoms with Crippen molar-refractivity contribution >= 4 is 20.5 Å². The monoisotopic (exact) mass is 356 g/mol. The van der Waals surface area contributed by atoms with Crippen LogP contribution < -0.4 is 9.47 Å². The topological polar surface area (TPSA) is 80.5 Å². The minimum Gasteiger partial charge on any atom is -0.488 e. The van der Waals surface area contributed by atoms with Crippen molar-refractivity contribution in [1.29, 1.82) is 4.78 Å². The molecule has 1 aromatic carbocycles. The van der Waals surface area contributed by atoms with Gasteiger partial charge in [0.05, 0.1) is 7.11 Å². The van der Waals surface area contributed by atoms with Crippen LogP contribution in [-0.4, -0.2) is 30.4 Å². The fourth-order valence-electron chi connectivity index (χ4n) is 2.42. The molecule has 0 aliphatic rings. The molecule has 0 spiro atoms. The summed E-state index contributed by atoms with van der Waals surface area (Å²) in [6, 6.07) is 11.5. The molecule has 0 radical (unpaired) electrons. The molecule has 0 saturated carbocycles. The molecule has 1 N–H and O–H groups in total. The van der Waals surface area contributed by atoms with E-state index in [4.69, 9.17) is 14.3 Å². The molecule has 0 aliphatic heterocycles. The predicted octanol–water partition coefficient (Wildman–Crippen LogP) is 3.94. The van der Waals surface area contributed by atoms with Crippen LogP contribution in [0, 0.1) is 4.78 Å². The van der Waals surface area contributed by atoms with Gasteiger partial charge in [-0.25, -0.2) is 4.98 Å². The fourth-order valence-corrected chi connectivity index (χ4v) is 3.30. The Kier molecular flexibility index (Phi) is 4.85. The smallest absolute Gasteiger partial charge is 0.240 e. The first kappa shape index (κ1) is 17.2. The van der Waals surface area contributed by atoms with Gasteiger partial charge in [0, 0.05) is 36.0 Å². The zero-order chi connectivity index (χ0) is 17.9. The van der Waals surface area contributed by atoms with E-state index in [9.17, 15) is 0 Å². The second-order valence-electron chi connectivity index (χ2n) is 5.52.